The normalized spacial score (nSPS) is 12.3. The van der Waals surface area contributed by atoms with Crippen molar-refractivity contribution < 1.29 is 14.6 Å². The molecule has 0 aliphatic carbocycles. The van der Waals surface area contributed by atoms with Gasteiger partial charge in [0.2, 0.25) is 0 Å². The van der Waals surface area contributed by atoms with Crippen LogP contribution in [0.1, 0.15) is 24.5 Å². The van der Waals surface area contributed by atoms with E-state index < -0.39 is 0 Å². The first kappa shape index (κ1) is 15.3. The second-order valence-electron chi connectivity index (χ2n) is 5.26. The van der Waals surface area contributed by atoms with Gasteiger partial charge in [-0.3, -0.25) is 0 Å². The number of aryl methyl sites for hydroxylation is 1. The van der Waals surface area contributed by atoms with Crippen LogP contribution >= 0.6 is 0 Å². The Bertz CT molecular complexity index is 584. The van der Waals surface area contributed by atoms with Gasteiger partial charge in [-0.05, 0) is 55.7 Å². The zero-order valence-electron chi connectivity index (χ0n) is 12.0. The molecule has 0 heterocycles. The Morgan fingerprint density at radius 2 is 1.81 bits per heavy atom. The minimum atomic E-state index is -0.346. The van der Waals surface area contributed by atoms with Crippen molar-refractivity contribution in [3.63, 3.8) is 0 Å². The minimum absolute atomic E-state index is 0.106. The van der Waals surface area contributed by atoms with Gasteiger partial charge in [-0.15, -0.1) is 0 Å². The van der Waals surface area contributed by atoms with Gasteiger partial charge in [0.25, 0.3) is 0 Å². The molecule has 4 heteroatoms. The number of nitrogens with one attached hydrogen (secondary N) is 1. The van der Waals surface area contributed by atoms with E-state index in [4.69, 9.17) is 0 Å². The fourth-order valence-electron chi connectivity index (χ4n) is 2.13. The van der Waals surface area contributed by atoms with Gasteiger partial charge in [-0.2, -0.15) is 0 Å². The van der Waals surface area contributed by atoms with E-state index in [1.165, 1.54) is 18.2 Å². The van der Waals surface area contributed by atoms with Crippen molar-refractivity contribution in [3.05, 3.63) is 59.4 Å². The van der Waals surface area contributed by atoms with E-state index in [2.05, 4.69) is 12.2 Å². The Labute approximate surface area is 124 Å². The molecule has 0 aliphatic heterocycles. The van der Waals surface area contributed by atoms with Crippen LogP contribution in [0.5, 0.6) is 11.5 Å². The Morgan fingerprint density at radius 1 is 1.10 bits per heavy atom. The first-order chi connectivity index (χ1) is 10.0. The van der Waals surface area contributed by atoms with Crippen molar-refractivity contribution in [1.29, 1.82) is 0 Å². The molecule has 2 aromatic rings. The van der Waals surface area contributed by atoms with E-state index in [1.807, 2.05) is 12.1 Å². The van der Waals surface area contributed by atoms with Gasteiger partial charge in [0, 0.05) is 18.2 Å². The molecule has 21 heavy (non-hydrogen) atoms. The molecule has 0 aromatic heterocycles. The Morgan fingerprint density at radius 3 is 2.52 bits per heavy atom. The largest absolute Gasteiger partial charge is 0.508 e. The van der Waals surface area contributed by atoms with Gasteiger partial charge in [0.1, 0.15) is 17.3 Å². The van der Waals surface area contributed by atoms with Crippen LogP contribution in [-0.2, 0) is 13.0 Å². The number of phenolic OH excluding ortho intramolecular Hbond substituents is 2. The summed E-state index contributed by atoms with van der Waals surface area (Å²) >= 11 is 0. The smallest absolute Gasteiger partial charge is 0.123 e. The van der Waals surface area contributed by atoms with E-state index in [1.54, 1.807) is 12.1 Å². The summed E-state index contributed by atoms with van der Waals surface area (Å²) in [6.45, 7) is 2.48. The quantitative estimate of drug-likeness (QED) is 0.764. The summed E-state index contributed by atoms with van der Waals surface area (Å²) in [6.07, 6.45) is 1.81. The Balaban J connectivity index is 1.80. The zero-order chi connectivity index (χ0) is 15.2. The number of benzene rings is 2. The maximum atomic E-state index is 13.1. The summed E-state index contributed by atoms with van der Waals surface area (Å²) < 4.78 is 13.1. The molecule has 0 spiro atoms. The Kier molecular flexibility index (Phi) is 5.17. The molecule has 3 nitrogen and oxygen atoms in total. The Hall–Kier alpha value is -2.07. The first-order valence-electron chi connectivity index (χ1n) is 7.03. The topological polar surface area (TPSA) is 52.5 Å². The van der Waals surface area contributed by atoms with Crippen LogP contribution in [0.25, 0.3) is 0 Å². The van der Waals surface area contributed by atoms with Gasteiger partial charge in [0.05, 0.1) is 0 Å². The molecule has 2 rings (SSSR count). The predicted molar refractivity (Wildman–Crippen MR) is 80.8 cm³/mol. The van der Waals surface area contributed by atoms with Gasteiger partial charge in [-0.1, -0.05) is 12.1 Å². The maximum absolute atomic E-state index is 13.1. The van der Waals surface area contributed by atoms with Crippen molar-refractivity contribution in [2.24, 2.45) is 0 Å². The average Bonchev–Trinajstić information content (AvgIpc) is 2.47. The number of phenols is 2. The molecular weight excluding hydrogens is 269 g/mol. The molecule has 1 atom stereocenters. The van der Waals surface area contributed by atoms with Crippen LogP contribution in [0.15, 0.2) is 42.5 Å². The third kappa shape index (κ3) is 4.76. The lowest BCUT2D eigenvalue weighted by Crippen LogP contribution is -2.26. The van der Waals surface area contributed by atoms with Crippen LogP contribution in [0.2, 0.25) is 0 Å². The summed E-state index contributed by atoms with van der Waals surface area (Å²) in [6, 6.07) is 11.4. The van der Waals surface area contributed by atoms with Crippen molar-refractivity contribution in [2.75, 3.05) is 0 Å². The lowest BCUT2D eigenvalue weighted by molar-refractivity contribution is 0.452. The van der Waals surface area contributed by atoms with Crippen LogP contribution in [0, 0.1) is 5.82 Å². The lowest BCUT2D eigenvalue weighted by atomic mass is 10.1. The summed E-state index contributed by atoms with van der Waals surface area (Å²) in [5.41, 5.74) is 1.72. The van der Waals surface area contributed by atoms with Gasteiger partial charge >= 0.3 is 0 Å². The molecule has 0 saturated heterocycles. The fourth-order valence-corrected chi connectivity index (χ4v) is 2.13. The first-order valence-corrected chi connectivity index (χ1v) is 7.03. The van der Waals surface area contributed by atoms with E-state index in [0.717, 1.165) is 18.4 Å². The average molecular weight is 289 g/mol. The van der Waals surface area contributed by atoms with E-state index in [-0.39, 0.29) is 23.4 Å². The predicted octanol–water partition coefficient (Wildman–Crippen LogP) is 3.35. The molecule has 3 N–H and O–H groups in total. The summed E-state index contributed by atoms with van der Waals surface area (Å²) in [5, 5.41) is 22.2. The molecule has 112 valence electrons. The maximum Gasteiger partial charge on any atom is 0.123 e. The van der Waals surface area contributed by atoms with E-state index >= 15 is 0 Å². The summed E-state index contributed by atoms with van der Waals surface area (Å²) in [5.74, 6) is 0.0301. The van der Waals surface area contributed by atoms with Crippen molar-refractivity contribution >= 4 is 0 Å². The number of hydrogen-bond donors (Lipinski definition) is 3. The molecule has 0 bridgehead atoms. The van der Waals surface area contributed by atoms with Crippen molar-refractivity contribution in [3.8, 4) is 11.5 Å². The third-order valence-electron chi connectivity index (χ3n) is 3.48. The van der Waals surface area contributed by atoms with Crippen LogP contribution in [0.4, 0.5) is 4.39 Å². The van der Waals surface area contributed by atoms with Crippen LogP contribution in [0.3, 0.4) is 0 Å². The molecule has 0 aliphatic rings. The van der Waals surface area contributed by atoms with Crippen LogP contribution in [-0.4, -0.2) is 16.3 Å². The summed E-state index contributed by atoms with van der Waals surface area (Å²) in [7, 11) is 0. The highest BCUT2D eigenvalue weighted by Gasteiger charge is 2.06. The highest BCUT2D eigenvalue weighted by molar-refractivity contribution is 5.32. The molecule has 0 saturated carbocycles. The van der Waals surface area contributed by atoms with E-state index in [9.17, 15) is 14.6 Å². The zero-order valence-corrected chi connectivity index (χ0v) is 12.0. The highest BCUT2D eigenvalue weighted by atomic mass is 19.1. The van der Waals surface area contributed by atoms with Gasteiger partial charge in [0.15, 0.2) is 0 Å². The highest BCUT2D eigenvalue weighted by Crippen LogP contribution is 2.18. The monoisotopic (exact) mass is 289 g/mol. The second kappa shape index (κ2) is 7.09. The third-order valence-corrected chi connectivity index (χ3v) is 3.48. The van der Waals surface area contributed by atoms with Crippen molar-refractivity contribution in [2.45, 2.75) is 32.4 Å². The summed E-state index contributed by atoms with van der Waals surface area (Å²) in [4.78, 5) is 0. The molecule has 2 aromatic carbocycles. The molecular formula is C17H20FNO2. The van der Waals surface area contributed by atoms with Crippen molar-refractivity contribution in [1.82, 2.24) is 5.32 Å². The molecule has 0 amide bonds. The number of rotatable bonds is 6. The van der Waals surface area contributed by atoms with Crippen LogP contribution < -0.4 is 5.32 Å². The number of aromatic hydroxyl groups is 2. The van der Waals surface area contributed by atoms with E-state index in [0.29, 0.717) is 12.1 Å². The minimum Gasteiger partial charge on any atom is -0.508 e. The number of halogens is 1. The SMILES string of the molecule is CC(CCc1ccc(O)cc1)NCc1cc(F)ccc1O. The second-order valence-corrected chi connectivity index (χ2v) is 5.26. The molecule has 1 unspecified atom stereocenters. The molecule has 0 radical (unpaired) electrons. The molecule has 0 fully saturated rings. The van der Waals surface area contributed by atoms with Gasteiger partial charge in [-0.25, -0.2) is 4.39 Å². The standard InChI is InChI=1S/C17H20FNO2/c1-12(2-3-13-4-7-16(20)8-5-13)19-11-14-10-15(18)6-9-17(14)21/h4-10,12,19-21H,2-3,11H2,1H3. The van der Waals surface area contributed by atoms with Gasteiger partial charge < -0.3 is 15.5 Å². The lowest BCUT2D eigenvalue weighted by Gasteiger charge is -2.14. The number of hydrogen-bond acceptors (Lipinski definition) is 3. The fraction of sp³-hybridized carbons (Fsp3) is 0.294.